The number of fused-ring (bicyclic) bond motifs is 2. The Morgan fingerprint density at radius 1 is 0.548 bits per heavy atom. The van der Waals surface area contributed by atoms with Gasteiger partial charge in [0.15, 0.2) is 0 Å². The van der Waals surface area contributed by atoms with Crippen LogP contribution in [-0.4, -0.2) is 19.7 Å². The molecule has 6 aromatic rings. The minimum absolute atomic E-state index is 0.273. The van der Waals surface area contributed by atoms with Crippen molar-refractivity contribution in [3.05, 3.63) is 150 Å². The fourth-order valence-corrected chi connectivity index (χ4v) is 38.5. The summed E-state index contributed by atoms with van der Waals surface area (Å²) in [6.45, 7) is 26.1. The second kappa shape index (κ2) is 16.3. The normalized spacial score (nSPS) is 16.0. The number of aryl methyl sites for hydroxylation is 10. The van der Waals surface area contributed by atoms with Crippen LogP contribution < -0.4 is 9.47 Å². The molecule has 2 aromatic heterocycles. The van der Waals surface area contributed by atoms with Crippen molar-refractivity contribution in [1.29, 1.82) is 0 Å². The summed E-state index contributed by atoms with van der Waals surface area (Å²) in [6.07, 6.45) is 6.53. The van der Waals surface area contributed by atoms with Crippen LogP contribution in [0.15, 0.2) is 69.5 Å². The van der Waals surface area contributed by atoms with E-state index in [-0.39, 0.29) is 7.25 Å². The monoisotopic (exact) mass is 960 g/mol. The van der Waals surface area contributed by atoms with Crippen LogP contribution in [0.3, 0.4) is 0 Å². The predicted octanol–water partition coefficient (Wildman–Crippen LogP) is 16.0. The van der Waals surface area contributed by atoms with Gasteiger partial charge in [-0.2, -0.15) is 0 Å². The molecule has 8 heteroatoms. The van der Waals surface area contributed by atoms with E-state index < -0.39 is 20.4 Å². The molecule has 0 spiro atoms. The molecule has 0 saturated heterocycles. The molecule has 2 aliphatic carbocycles. The van der Waals surface area contributed by atoms with Crippen LogP contribution in [0.2, 0.25) is 13.1 Å². The van der Waals surface area contributed by atoms with E-state index in [0.717, 1.165) is 91.9 Å². The van der Waals surface area contributed by atoms with Crippen LogP contribution in [0.5, 0.6) is 11.5 Å². The maximum absolute atomic E-state index is 9.13. The Balaban J connectivity index is 1.49. The average Bonchev–Trinajstić information content (AvgIpc) is 3.99. The molecular formula is C54H60Cl2O4SiZr. The number of ether oxygens (including phenoxy) is 2. The Labute approximate surface area is 377 Å². The SMILES string of the molecule is CCc1ccc2c(c1-c1cc(C)c(OC)c(C)c1)C=C(c1cc(C)c(C)o1)[CH]2[Zr]([Cl])([Cl])([CH]1C(c2cc(C)c(C)o2)=Cc2c1ccc(CC)c2-c1cc(C)c(OC)c(C)c1)=[Si](C)C. The van der Waals surface area contributed by atoms with Gasteiger partial charge >= 0.3 is 380 Å². The third kappa shape index (κ3) is 6.84. The van der Waals surface area contributed by atoms with Crippen LogP contribution in [0.1, 0.15) is 111 Å². The minimum atomic E-state index is -5.52. The van der Waals surface area contributed by atoms with Gasteiger partial charge in [-0.25, -0.2) is 0 Å². The molecule has 0 N–H and O–H groups in total. The molecule has 0 aliphatic heterocycles. The summed E-state index contributed by atoms with van der Waals surface area (Å²) in [6, 6.07) is 22.8. The van der Waals surface area contributed by atoms with Crippen LogP contribution in [0, 0.1) is 55.4 Å². The van der Waals surface area contributed by atoms with Gasteiger partial charge in [-0.1, -0.05) is 0 Å². The number of rotatable bonds is 10. The van der Waals surface area contributed by atoms with Gasteiger partial charge in [0.2, 0.25) is 0 Å². The van der Waals surface area contributed by atoms with E-state index in [4.69, 9.17) is 35.3 Å². The van der Waals surface area contributed by atoms with E-state index in [9.17, 15) is 0 Å². The topological polar surface area (TPSA) is 44.7 Å². The molecule has 0 amide bonds. The molecule has 4 aromatic carbocycles. The van der Waals surface area contributed by atoms with Gasteiger partial charge in [-0.3, -0.25) is 0 Å². The molecule has 0 radical (unpaired) electrons. The standard InChI is InChI=1S/2C26H27O2.C2H6Si.2ClH.Zr/c2*1-7-19-8-9-20-13-21(24-12-15(2)18(5)28-24)14-23(20)25(19)22-10-16(3)26(27-6)17(4)11-22;1-3-2;;;/h2*8-14H,7H2,1-6H3;1-2H3;2*1H;/q;;;;;+2/p-2. The van der Waals surface area contributed by atoms with E-state index in [0.29, 0.717) is 0 Å². The van der Waals surface area contributed by atoms with Gasteiger partial charge in [0.25, 0.3) is 0 Å². The van der Waals surface area contributed by atoms with Gasteiger partial charge in [-0.05, 0) is 0 Å². The summed E-state index contributed by atoms with van der Waals surface area (Å²) in [4.78, 5) is 0. The van der Waals surface area contributed by atoms with Crippen LogP contribution in [0.25, 0.3) is 45.6 Å². The van der Waals surface area contributed by atoms with Crippen LogP contribution >= 0.6 is 17.0 Å². The maximum atomic E-state index is 9.13. The van der Waals surface area contributed by atoms with Gasteiger partial charge in [0.05, 0.1) is 0 Å². The second-order valence-corrected chi connectivity index (χ2v) is 56.9. The van der Waals surface area contributed by atoms with Crippen molar-refractivity contribution in [3.8, 4) is 33.8 Å². The molecule has 2 atom stereocenters. The summed E-state index contributed by atoms with van der Waals surface area (Å²) in [5.41, 5.74) is 19.4. The predicted molar refractivity (Wildman–Crippen MR) is 261 cm³/mol. The Hall–Kier alpha value is -3.80. The molecular weight excluding hydrogens is 903 g/mol. The Morgan fingerprint density at radius 2 is 0.903 bits per heavy atom. The molecule has 8 rings (SSSR count). The zero-order chi connectivity index (χ0) is 44.8. The van der Waals surface area contributed by atoms with Crippen molar-refractivity contribution in [3.63, 3.8) is 0 Å². The zero-order valence-corrected chi connectivity index (χ0v) is 43.9. The first-order chi connectivity index (χ1) is 29.4. The number of furan rings is 2. The molecule has 2 aliphatic rings. The average molecular weight is 963 g/mol. The van der Waals surface area contributed by atoms with E-state index in [2.05, 4.69) is 141 Å². The van der Waals surface area contributed by atoms with Crippen LogP contribution in [0.4, 0.5) is 0 Å². The summed E-state index contributed by atoms with van der Waals surface area (Å²) < 4.78 is 24.7. The molecule has 62 heavy (non-hydrogen) atoms. The van der Waals surface area contributed by atoms with Gasteiger partial charge in [0.1, 0.15) is 0 Å². The Morgan fingerprint density at radius 3 is 1.18 bits per heavy atom. The van der Waals surface area contributed by atoms with Crippen molar-refractivity contribution in [2.75, 3.05) is 14.2 Å². The first kappa shape index (κ1) is 44.8. The quantitative estimate of drug-likeness (QED) is 0.128. The van der Waals surface area contributed by atoms with Crippen molar-refractivity contribution >= 4 is 45.8 Å². The number of methoxy groups -OCH3 is 2. The van der Waals surface area contributed by atoms with E-state index in [1.165, 1.54) is 55.6 Å². The Bertz CT molecular complexity index is 2710. The van der Waals surface area contributed by atoms with E-state index in [1.807, 2.05) is 13.8 Å². The van der Waals surface area contributed by atoms with Crippen molar-refractivity contribution in [1.82, 2.24) is 0 Å². The third-order valence-electron chi connectivity index (χ3n) is 14.2. The number of hydrogen-bond acceptors (Lipinski definition) is 4. The first-order valence-corrected chi connectivity index (χ1v) is 37.3. The number of benzene rings is 4. The van der Waals surface area contributed by atoms with Gasteiger partial charge in [-0.15, -0.1) is 0 Å². The molecule has 0 saturated carbocycles. The zero-order valence-electron chi connectivity index (χ0n) is 38.9. The van der Waals surface area contributed by atoms with Gasteiger partial charge < -0.3 is 0 Å². The molecule has 4 nitrogen and oxygen atoms in total. The van der Waals surface area contributed by atoms with E-state index in [1.54, 1.807) is 14.2 Å². The first-order valence-electron chi connectivity index (χ1n) is 22.0. The summed E-state index contributed by atoms with van der Waals surface area (Å²) in [7, 11) is 21.8. The van der Waals surface area contributed by atoms with Crippen molar-refractivity contribution in [2.45, 2.75) is 102 Å². The van der Waals surface area contributed by atoms with Crippen molar-refractivity contribution < 1.29 is 33.3 Å². The second-order valence-electron chi connectivity index (χ2n) is 18.1. The number of allylic oxidation sites excluding steroid dienone is 2. The molecule has 322 valence electrons. The van der Waals surface area contributed by atoms with E-state index >= 15 is 0 Å². The summed E-state index contributed by atoms with van der Waals surface area (Å²) in [5, 5.41) is 0. The Kier molecular flexibility index (Phi) is 11.8. The molecule has 2 heterocycles. The summed E-state index contributed by atoms with van der Waals surface area (Å²) in [5.74, 6) is 5.33. The summed E-state index contributed by atoms with van der Waals surface area (Å²) >= 11 is -5.52. The number of halogens is 2. The third-order valence-corrected chi connectivity index (χ3v) is 60.4. The van der Waals surface area contributed by atoms with Gasteiger partial charge in [0, 0.05) is 0 Å². The molecule has 2 unspecified atom stereocenters. The molecule has 0 fully saturated rings. The fraction of sp³-hybridized carbons (Fsp3) is 0.333. The fourth-order valence-electron chi connectivity index (χ4n) is 10.8. The van der Waals surface area contributed by atoms with Crippen molar-refractivity contribution in [2.24, 2.45) is 0 Å². The van der Waals surface area contributed by atoms with Crippen LogP contribution in [-0.2, 0) is 27.9 Å². The molecule has 0 bridgehead atoms. The number of hydrogen-bond donors (Lipinski definition) is 0.